The smallest absolute Gasteiger partial charge is 0.148 e. The summed E-state index contributed by atoms with van der Waals surface area (Å²) in [6.45, 7) is 0.767. The number of nitrogens with one attached hydrogen (secondary N) is 1. The van der Waals surface area contributed by atoms with Crippen molar-refractivity contribution < 1.29 is 0 Å². The number of nitrogen functional groups attached to an aromatic ring is 1. The molecular formula is C10H14N6. The average molecular weight is 218 g/mol. The largest absolute Gasteiger partial charge is 0.382 e. The molecule has 2 aromatic rings. The molecule has 0 fully saturated rings. The lowest BCUT2D eigenvalue weighted by atomic mass is 10.4. The minimum Gasteiger partial charge on any atom is -0.382 e. The Morgan fingerprint density at radius 1 is 1.38 bits per heavy atom. The van der Waals surface area contributed by atoms with Gasteiger partial charge in [-0.2, -0.15) is 0 Å². The molecule has 0 saturated heterocycles. The minimum atomic E-state index is 0.426. The van der Waals surface area contributed by atoms with Gasteiger partial charge >= 0.3 is 0 Å². The van der Waals surface area contributed by atoms with Crippen molar-refractivity contribution in [1.82, 2.24) is 19.7 Å². The summed E-state index contributed by atoms with van der Waals surface area (Å²) in [4.78, 5) is 4.23. The molecule has 84 valence electrons. The number of aromatic nitrogens is 4. The molecule has 2 heterocycles. The van der Waals surface area contributed by atoms with E-state index in [1.54, 1.807) is 18.3 Å². The number of rotatable bonds is 4. The lowest BCUT2D eigenvalue weighted by Gasteiger charge is -2.04. The van der Waals surface area contributed by atoms with E-state index in [1.165, 1.54) is 0 Å². The van der Waals surface area contributed by atoms with E-state index in [-0.39, 0.29) is 0 Å². The van der Waals surface area contributed by atoms with Gasteiger partial charge in [0, 0.05) is 32.4 Å². The Hall–Kier alpha value is -2.11. The molecule has 16 heavy (non-hydrogen) atoms. The molecule has 0 saturated carbocycles. The van der Waals surface area contributed by atoms with Crippen LogP contribution in [0.2, 0.25) is 0 Å². The third kappa shape index (κ3) is 2.47. The highest BCUT2D eigenvalue weighted by Crippen LogP contribution is 2.03. The van der Waals surface area contributed by atoms with Crippen LogP contribution >= 0.6 is 0 Å². The molecule has 0 unspecified atom stereocenters. The van der Waals surface area contributed by atoms with Crippen LogP contribution in [0.1, 0.15) is 5.82 Å². The summed E-state index contributed by atoms with van der Waals surface area (Å²) in [7, 11) is 1.98. The van der Waals surface area contributed by atoms with Gasteiger partial charge in [0.2, 0.25) is 0 Å². The highest BCUT2D eigenvalue weighted by atomic mass is 15.2. The molecule has 2 rings (SSSR count). The van der Waals surface area contributed by atoms with E-state index in [1.807, 2.05) is 17.8 Å². The van der Waals surface area contributed by atoms with Crippen LogP contribution in [0, 0.1) is 0 Å². The fourth-order valence-corrected chi connectivity index (χ4v) is 1.38. The van der Waals surface area contributed by atoms with E-state index in [9.17, 15) is 0 Å². The first-order valence-corrected chi connectivity index (χ1v) is 5.05. The molecular weight excluding hydrogens is 204 g/mol. The monoisotopic (exact) mass is 218 g/mol. The summed E-state index contributed by atoms with van der Waals surface area (Å²) >= 11 is 0. The summed E-state index contributed by atoms with van der Waals surface area (Å²) in [5, 5.41) is 10.8. The molecule has 0 atom stereocenters. The van der Waals surface area contributed by atoms with Crippen molar-refractivity contribution in [2.75, 3.05) is 17.6 Å². The van der Waals surface area contributed by atoms with Crippen molar-refractivity contribution in [1.29, 1.82) is 0 Å². The zero-order valence-electron chi connectivity index (χ0n) is 9.09. The van der Waals surface area contributed by atoms with Crippen molar-refractivity contribution in [2.24, 2.45) is 7.05 Å². The van der Waals surface area contributed by atoms with Crippen molar-refractivity contribution in [2.45, 2.75) is 6.42 Å². The molecule has 6 nitrogen and oxygen atoms in total. The predicted octanol–water partition coefficient (Wildman–Crippen LogP) is 0.447. The van der Waals surface area contributed by atoms with Gasteiger partial charge in [-0.15, -0.1) is 10.2 Å². The maximum absolute atomic E-state index is 5.44. The fraction of sp³-hybridized carbons (Fsp3) is 0.300. The topological polar surface area (TPSA) is 81.7 Å². The normalized spacial score (nSPS) is 10.3. The number of nitrogens with zero attached hydrogens (tertiary/aromatic N) is 4. The number of hydrogen-bond acceptors (Lipinski definition) is 5. The maximum Gasteiger partial charge on any atom is 0.148 e. The van der Waals surface area contributed by atoms with Crippen molar-refractivity contribution >= 4 is 11.6 Å². The summed E-state index contributed by atoms with van der Waals surface area (Å²) < 4.78 is 2.00. The van der Waals surface area contributed by atoms with Crippen molar-refractivity contribution in [3.63, 3.8) is 0 Å². The fourth-order valence-electron chi connectivity index (χ4n) is 1.38. The Balaban J connectivity index is 1.84. The number of aryl methyl sites for hydroxylation is 1. The second kappa shape index (κ2) is 4.61. The van der Waals surface area contributed by atoms with Crippen LogP contribution in [0.3, 0.4) is 0 Å². The number of imidazole rings is 1. The van der Waals surface area contributed by atoms with Crippen LogP contribution in [0.4, 0.5) is 11.6 Å². The van der Waals surface area contributed by atoms with Gasteiger partial charge in [-0.25, -0.2) is 4.98 Å². The van der Waals surface area contributed by atoms with Crippen LogP contribution in [-0.4, -0.2) is 26.3 Å². The zero-order valence-corrected chi connectivity index (χ0v) is 9.09. The van der Waals surface area contributed by atoms with Crippen molar-refractivity contribution in [3.8, 4) is 0 Å². The van der Waals surface area contributed by atoms with E-state index in [2.05, 4.69) is 20.5 Å². The molecule has 0 aliphatic rings. The van der Waals surface area contributed by atoms with Crippen LogP contribution in [0.25, 0.3) is 0 Å². The van der Waals surface area contributed by atoms with Gasteiger partial charge in [0.1, 0.15) is 17.5 Å². The standard InChI is InChI=1S/C10H14N6/c1-16-7-6-13-10(16)4-5-12-9-3-2-8(11)14-15-9/h2-3,6-7H,4-5H2,1H3,(H2,11,14)(H,12,15). The lowest BCUT2D eigenvalue weighted by molar-refractivity contribution is 0.787. The van der Waals surface area contributed by atoms with E-state index in [4.69, 9.17) is 5.73 Å². The van der Waals surface area contributed by atoms with Gasteiger partial charge in [0.15, 0.2) is 0 Å². The van der Waals surface area contributed by atoms with Crippen LogP contribution in [-0.2, 0) is 13.5 Å². The number of anilines is 2. The van der Waals surface area contributed by atoms with E-state index < -0.39 is 0 Å². The molecule has 0 spiro atoms. The Morgan fingerprint density at radius 2 is 2.25 bits per heavy atom. The third-order valence-corrected chi connectivity index (χ3v) is 2.26. The van der Waals surface area contributed by atoms with Crippen LogP contribution in [0.15, 0.2) is 24.5 Å². The first kappa shape index (κ1) is 10.4. The van der Waals surface area contributed by atoms with Crippen molar-refractivity contribution in [3.05, 3.63) is 30.4 Å². The summed E-state index contributed by atoms with van der Waals surface area (Å²) in [5.41, 5.74) is 5.44. The maximum atomic E-state index is 5.44. The second-order valence-electron chi connectivity index (χ2n) is 3.47. The minimum absolute atomic E-state index is 0.426. The third-order valence-electron chi connectivity index (χ3n) is 2.26. The van der Waals surface area contributed by atoms with E-state index >= 15 is 0 Å². The number of hydrogen-bond donors (Lipinski definition) is 2. The first-order valence-electron chi connectivity index (χ1n) is 5.05. The second-order valence-corrected chi connectivity index (χ2v) is 3.47. The number of nitrogens with two attached hydrogens (primary N) is 1. The SMILES string of the molecule is Cn1ccnc1CCNc1ccc(N)nn1. The van der Waals surface area contributed by atoms with Gasteiger partial charge in [-0.05, 0) is 12.1 Å². The highest BCUT2D eigenvalue weighted by molar-refractivity contribution is 5.38. The Morgan fingerprint density at radius 3 is 2.88 bits per heavy atom. The van der Waals surface area contributed by atoms with Gasteiger partial charge in [-0.3, -0.25) is 0 Å². The van der Waals surface area contributed by atoms with Crippen LogP contribution < -0.4 is 11.1 Å². The molecule has 0 aromatic carbocycles. The summed E-state index contributed by atoms with van der Waals surface area (Å²) in [6.07, 6.45) is 4.56. The molecule has 0 amide bonds. The predicted molar refractivity (Wildman–Crippen MR) is 61.8 cm³/mol. The molecule has 0 aliphatic heterocycles. The van der Waals surface area contributed by atoms with Crippen LogP contribution in [0.5, 0.6) is 0 Å². The summed E-state index contributed by atoms with van der Waals surface area (Å²) in [5.74, 6) is 2.19. The zero-order chi connectivity index (χ0) is 11.4. The molecule has 0 bridgehead atoms. The highest BCUT2D eigenvalue weighted by Gasteiger charge is 1.99. The van der Waals surface area contributed by atoms with Gasteiger partial charge in [0.25, 0.3) is 0 Å². The van der Waals surface area contributed by atoms with E-state index in [0.717, 1.165) is 24.6 Å². The van der Waals surface area contributed by atoms with Gasteiger partial charge in [0.05, 0.1) is 0 Å². The molecule has 3 N–H and O–H groups in total. The lowest BCUT2D eigenvalue weighted by Crippen LogP contribution is -2.10. The van der Waals surface area contributed by atoms with E-state index in [0.29, 0.717) is 5.82 Å². The molecule has 2 aromatic heterocycles. The Bertz CT molecular complexity index is 447. The molecule has 6 heteroatoms. The summed E-state index contributed by atoms with van der Waals surface area (Å²) in [6, 6.07) is 3.52. The first-order chi connectivity index (χ1) is 7.75. The van der Waals surface area contributed by atoms with Gasteiger partial charge in [-0.1, -0.05) is 0 Å². The quantitative estimate of drug-likeness (QED) is 0.778. The molecule has 0 aliphatic carbocycles. The van der Waals surface area contributed by atoms with Gasteiger partial charge < -0.3 is 15.6 Å². The molecule has 0 radical (unpaired) electrons. The Labute approximate surface area is 93.5 Å². The Kier molecular flexibility index (Phi) is 3.00. The average Bonchev–Trinajstić information content (AvgIpc) is 2.68.